The highest BCUT2D eigenvalue weighted by Crippen LogP contribution is 2.18. The molecule has 0 unspecified atom stereocenters. The van der Waals surface area contributed by atoms with Crippen molar-refractivity contribution < 1.29 is 4.39 Å². The Morgan fingerprint density at radius 2 is 2.11 bits per heavy atom. The molecule has 5 heteroatoms. The van der Waals surface area contributed by atoms with Crippen LogP contribution in [0.25, 0.3) is 10.1 Å². The molecule has 0 bridgehead atoms. The highest BCUT2D eigenvalue weighted by molar-refractivity contribution is 7.17. The van der Waals surface area contributed by atoms with E-state index in [4.69, 9.17) is 11.6 Å². The second-order valence-corrected chi connectivity index (χ2v) is 5.57. The lowest BCUT2D eigenvalue weighted by Gasteiger charge is -2.07. The number of hydrogen-bond donors (Lipinski definition) is 0. The van der Waals surface area contributed by atoms with E-state index in [2.05, 4.69) is 0 Å². The second-order valence-electron chi connectivity index (χ2n) is 4.18. The van der Waals surface area contributed by atoms with Crippen LogP contribution in [0, 0.1) is 5.82 Å². The van der Waals surface area contributed by atoms with Crippen molar-refractivity contribution in [3.05, 3.63) is 68.7 Å². The first kappa shape index (κ1) is 12.4. The summed E-state index contributed by atoms with van der Waals surface area (Å²) in [5.74, 6) is -0.398. The summed E-state index contributed by atoms with van der Waals surface area (Å²) in [6.45, 7) is 0.202. The molecule has 19 heavy (non-hydrogen) atoms. The fraction of sp³-hybridized carbons (Fsp3) is 0.0714. The summed E-state index contributed by atoms with van der Waals surface area (Å²) < 4.78 is 16.2. The zero-order valence-electron chi connectivity index (χ0n) is 9.77. The van der Waals surface area contributed by atoms with Crippen LogP contribution in [-0.2, 0) is 6.54 Å². The lowest BCUT2D eigenvalue weighted by Crippen LogP contribution is -2.19. The number of halogens is 2. The maximum Gasteiger partial charge on any atom is 0.259 e. The van der Waals surface area contributed by atoms with E-state index in [1.807, 2.05) is 11.4 Å². The fourth-order valence-electron chi connectivity index (χ4n) is 1.96. The average molecular weight is 294 g/mol. The average Bonchev–Trinajstić information content (AvgIpc) is 2.85. The zero-order chi connectivity index (χ0) is 13.4. The minimum absolute atomic E-state index is 0.104. The summed E-state index contributed by atoms with van der Waals surface area (Å²) in [5, 5.41) is 2.89. The van der Waals surface area contributed by atoms with E-state index in [-0.39, 0.29) is 12.1 Å². The molecule has 0 spiro atoms. The van der Waals surface area contributed by atoms with Crippen molar-refractivity contribution in [1.29, 1.82) is 0 Å². The first-order valence-electron chi connectivity index (χ1n) is 5.66. The quantitative estimate of drug-likeness (QED) is 0.702. The van der Waals surface area contributed by atoms with Crippen molar-refractivity contribution >= 4 is 33.0 Å². The van der Waals surface area contributed by atoms with Crippen molar-refractivity contribution in [2.75, 3.05) is 0 Å². The maximum atomic E-state index is 13.7. The Labute approximate surface area is 117 Å². The third-order valence-corrected chi connectivity index (χ3v) is 4.07. The number of nitrogens with zero attached hydrogens (tertiary/aromatic N) is 1. The van der Waals surface area contributed by atoms with Gasteiger partial charge >= 0.3 is 0 Å². The summed E-state index contributed by atoms with van der Waals surface area (Å²) in [6.07, 6.45) is 1.69. The summed E-state index contributed by atoms with van der Waals surface area (Å²) in [6, 6.07) is 8.13. The van der Waals surface area contributed by atoms with Gasteiger partial charge < -0.3 is 4.57 Å². The number of aromatic nitrogens is 1. The molecule has 0 fully saturated rings. The molecule has 3 aromatic rings. The van der Waals surface area contributed by atoms with E-state index in [9.17, 15) is 9.18 Å². The standard InChI is InChI=1S/C14H9ClFNOS/c15-10-2-1-9(12(16)7-10)8-17-5-3-13-11(14(17)18)4-6-19-13/h1-7H,8H2. The van der Waals surface area contributed by atoms with E-state index in [0.29, 0.717) is 16.0 Å². The van der Waals surface area contributed by atoms with Crippen molar-refractivity contribution in [3.8, 4) is 0 Å². The van der Waals surface area contributed by atoms with Gasteiger partial charge in [0.1, 0.15) is 5.82 Å². The van der Waals surface area contributed by atoms with Crippen molar-refractivity contribution in [1.82, 2.24) is 4.57 Å². The van der Waals surface area contributed by atoms with Crippen LogP contribution in [0.3, 0.4) is 0 Å². The number of hydrogen-bond acceptors (Lipinski definition) is 2. The molecule has 2 heterocycles. The summed E-state index contributed by atoms with van der Waals surface area (Å²) in [4.78, 5) is 12.2. The summed E-state index contributed by atoms with van der Waals surface area (Å²) >= 11 is 7.22. The van der Waals surface area contributed by atoms with E-state index >= 15 is 0 Å². The number of rotatable bonds is 2. The molecule has 0 radical (unpaired) electrons. The van der Waals surface area contributed by atoms with Crippen molar-refractivity contribution in [2.45, 2.75) is 6.54 Å². The number of benzene rings is 1. The van der Waals surface area contributed by atoms with Gasteiger partial charge in [0.15, 0.2) is 0 Å². The van der Waals surface area contributed by atoms with Crippen molar-refractivity contribution in [3.63, 3.8) is 0 Å². The molecule has 2 aromatic heterocycles. The van der Waals surface area contributed by atoms with Crippen LogP contribution in [0.5, 0.6) is 0 Å². The van der Waals surface area contributed by atoms with Gasteiger partial charge in [-0.3, -0.25) is 4.79 Å². The Morgan fingerprint density at radius 3 is 2.89 bits per heavy atom. The SMILES string of the molecule is O=c1c2ccsc2ccn1Cc1ccc(Cl)cc1F. The Hall–Kier alpha value is -1.65. The molecule has 0 saturated carbocycles. The smallest absolute Gasteiger partial charge is 0.259 e. The van der Waals surface area contributed by atoms with Gasteiger partial charge in [-0.05, 0) is 29.6 Å². The van der Waals surface area contributed by atoms with Gasteiger partial charge in [-0.2, -0.15) is 0 Å². The van der Waals surface area contributed by atoms with E-state index in [1.54, 1.807) is 24.4 Å². The van der Waals surface area contributed by atoms with Gasteiger partial charge in [0.25, 0.3) is 5.56 Å². The molecule has 0 aliphatic heterocycles. The van der Waals surface area contributed by atoms with Gasteiger partial charge in [0.2, 0.25) is 0 Å². The molecular formula is C14H9ClFNOS. The van der Waals surface area contributed by atoms with E-state index < -0.39 is 5.82 Å². The van der Waals surface area contributed by atoms with Gasteiger partial charge in [-0.15, -0.1) is 11.3 Å². The van der Waals surface area contributed by atoms with Gasteiger partial charge in [-0.1, -0.05) is 17.7 Å². The highest BCUT2D eigenvalue weighted by Gasteiger charge is 2.07. The molecule has 0 atom stereocenters. The monoisotopic (exact) mass is 293 g/mol. The third-order valence-electron chi connectivity index (χ3n) is 2.95. The molecule has 0 N–H and O–H groups in total. The van der Waals surface area contributed by atoms with Gasteiger partial charge in [0, 0.05) is 21.5 Å². The molecule has 0 amide bonds. The second kappa shape index (κ2) is 4.79. The molecule has 0 aliphatic carbocycles. The van der Waals surface area contributed by atoms with Crippen LogP contribution < -0.4 is 5.56 Å². The Bertz CT molecular complexity index is 809. The maximum absolute atomic E-state index is 13.7. The molecule has 1 aromatic carbocycles. The van der Waals surface area contributed by atoms with Crippen LogP contribution in [0.2, 0.25) is 5.02 Å². The molecule has 0 saturated heterocycles. The molecule has 2 nitrogen and oxygen atoms in total. The third kappa shape index (κ3) is 2.29. The first-order chi connectivity index (χ1) is 9.15. The van der Waals surface area contributed by atoms with Crippen LogP contribution in [0.4, 0.5) is 4.39 Å². The fourth-order valence-corrected chi connectivity index (χ4v) is 2.90. The van der Waals surface area contributed by atoms with Gasteiger partial charge in [0.05, 0.1) is 11.9 Å². The van der Waals surface area contributed by atoms with Crippen LogP contribution in [0.15, 0.2) is 46.7 Å². The normalized spacial score (nSPS) is 11.1. The van der Waals surface area contributed by atoms with Crippen molar-refractivity contribution in [2.24, 2.45) is 0 Å². The lowest BCUT2D eigenvalue weighted by atomic mass is 10.2. The predicted octanol–water partition coefficient (Wildman–Crippen LogP) is 3.90. The van der Waals surface area contributed by atoms with Gasteiger partial charge in [-0.25, -0.2) is 4.39 Å². The molecule has 0 aliphatic rings. The minimum Gasteiger partial charge on any atom is -0.310 e. The van der Waals surface area contributed by atoms with Crippen LogP contribution >= 0.6 is 22.9 Å². The summed E-state index contributed by atoms with van der Waals surface area (Å²) in [5.41, 5.74) is 0.342. The highest BCUT2D eigenvalue weighted by atomic mass is 35.5. The number of fused-ring (bicyclic) bond motifs is 1. The number of thiophene rings is 1. The zero-order valence-corrected chi connectivity index (χ0v) is 11.3. The topological polar surface area (TPSA) is 22.0 Å². The van der Waals surface area contributed by atoms with Crippen LogP contribution in [-0.4, -0.2) is 4.57 Å². The Morgan fingerprint density at radius 1 is 1.26 bits per heavy atom. The largest absolute Gasteiger partial charge is 0.310 e. The first-order valence-corrected chi connectivity index (χ1v) is 6.91. The Kier molecular flexibility index (Phi) is 3.12. The molecule has 96 valence electrons. The predicted molar refractivity (Wildman–Crippen MR) is 76.6 cm³/mol. The minimum atomic E-state index is -0.398. The lowest BCUT2D eigenvalue weighted by molar-refractivity contribution is 0.597. The Balaban J connectivity index is 2.05. The van der Waals surface area contributed by atoms with E-state index in [1.165, 1.54) is 22.0 Å². The van der Waals surface area contributed by atoms with Crippen LogP contribution in [0.1, 0.15) is 5.56 Å². The van der Waals surface area contributed by atoms with E-state index in [0.717, 1.165) is 4.70 Å². The molecule has 3 rings (SSSR count). The molecular weight excluding hydrogens is 285 g/mol. The number of pyridine rings is 1. The summed E-state index contributed by atoms with van der Waals surface area (Å²) in [7, 11) is 0.